The van der Waals surface area contributed by atoms with Crippen LogP contribution in [0, 0.1) is 0 Å². The topological polar surface area (TPSA) is 91.6 Å². The molecular formula is C10H14N2O4. The van der Waals surface area contributed by atoms with Gasteiger partial charge in [0.05, 0.1) is 12.8 Å². The lowest BCUT2D eigenvalue weighted by atomic mass is 10.2. The number of carboxylic acid groups (broad SMARTS) is 1. The largest absolute Gasteiger partial charge is 0.478 e. The van der Waals surface area contributed by atoms with Crippen LogP contribution in [0.15, 0.2) is 16.7 Å². The highest BCUT2D eigenvalue weighted by molar-refractivity contribution is 5.88. The summed E-state index contributed by atoms with van der Waals surface area (Å²) in [6.45, 7) is 2.82. The zero-order valence-corrected chi connectivity index (χ0v) is 8.95. The highest BCUT2D eigenvalue weighted by Crippen LogP contribution is 2.09. The normalized spacial score (nSPS) is 10.1. The van der Waals surface area contributed by atoms with E-state index in [-0.39, 0.29) is 11.5 Å². The fourth-order valence-electron chi connectivity index (χ4n) is 1.20. The number of nitrogens with one attached hydrogen (secondary N) is 2. The third-order valence-corrected chi connectivity index (χ3v) is 1.94. The van der Waals surface area contributed by atoms with Crippen molar-refractivity contribution in [3.05, 3.63) is 23.7 Å². The fourth-order valence-corrected chi connectivity index (χ4v) is 1.20. The van der Waals surface area contributed by atoms with E-state index in [1.165, 1.54) is 19.3 Å². The molecule has 0 aliphatic carbocycles. The smallest absolute Gasteiger partial charge is 0.339 e. The van der Waals surface area contributed by atoms with Gasteiger partial charge >= 0.3 is 5.97 Å². The number of aromatic carboxylic acids is 1. The average Bonchev–Trinajstić information content (AvgIpc) is 2.65. The van der Waals surface area contributed by atoms with Crippen LogP contribution in [0.1, 0.15) is 23.0 Å². The maximum atomic E-state index is 10.7. The third-order valence-electron chi connectivity index (χ3n) is 1.94. The van der Waals surface area contributed by atoms with E-state index in [1.54, 1.807) is 0 Å². The predicted octanol–water partition coefficient (Wildman–Crippen LogP) is 0.203. The van der Waals surface area contributed by atoms with Gasteiger partial charge in [-0.15, -0.1) is 0 Å². The van der Waals surface area contributed by atoms with E-state index in [4.69, 9.17) is 9.52 Å². The minimum Gasteiger partial charge on any atom is -0.478 e. The monoisotopic (exact) mass is 226 g/mol. The van der Waals surface area contributed by atoms with E-state index in [0.717, 1.165) is 0 Å². The lowest BCUT2D eigenvalue weighted by Crippen LogP contribution is -2.30. The minimum absolute atomic E-state index is 0.0916. The molecule has 0 aliphatic heterocycles. The van der Waals surface area contributed by atoms with Crippen LogP contribution in [0.4, 0.5) is 0 Å². The first-order valence-electron chi connectivity index (χ1n) is 4.86. The van der Waals surface area contributed by atoms with E-state index >= 15 is 0 Å². The summed E-state index contributed by atoms with van der Waals surface area (Å²) in [5, 5.41) is 14.4. The molecule has 0 unspecified atom stereocenters. The molecule has 0 aliphatic rings. The minimum atomic E-state index is -1.01. The van der Waals surface area contributed by atoms with Crippen molar-refractivity contribution < 1.29 is 19.1 Å². The van der Waals surface area contributed by atoms with Gasteiger partial charge in [-0.05, 0) is 6.07 Å². The van der Waals surface area contributed by atoms with E-state index in [2.05, 4.69) is 10.6 Å². The molecule has 0 fully saturated rings. The molecule has 0 saturated heterocycles. The molecule has 0 radical (unpaired) electrons. The van der Waals surface area contributed by atoms with Gasteiger partial charge in [0.15, 0.2) is 0 Å². The van der Waals surface area contributed by atoms with E-state index in [1.807, 2.05) is 0 Å². The molecule has 0 atom stereocenters. The van der Waals surface area contributed by atoms with Crippen molar-refractivity contribution in [3.63, 3.8) is 0 Å². The molecule has 0 aromatic carbocycles. The Morgan fingerprint density at radius 3 is 2.81 bits per heavy atom. The summed E-state index contributed by atoms with van der Waals surface area (Å²) in [5.74, 6) is -0.714. The van der Waals surface area contributed by atoms with E-state index < -0.39 is 5.97 Å². The summed E-state index contributed by atoms with van der Waals surface area (Å²) < 4.78 is 5.02. The molecule has 0 bridgehead atoms. The van der Waals surface area contributed by atoms with E-state index in [9.17, 15) is 9.59 Å². The van der Waals surface area contributed by atoms with Crippen LogP contribution >= 0.6 is 0 Å². The van der Waals surface area contributed by atoms with Gasteiger partial charge in [-0.2, -0.15) is 0 Å². The van der Waals surface area contributed by atoms with Crippen molar-refractivity contribution in [2.24, 2.45) is 0 Å². The van der Waals surface area contributed by atoms with Crippen molar-refractivity contribution in [2.75, 3.05) is 13.1 Å². The van der Waals surface area contributed by atoms with Crippen molar-refractivity contribution in [1.82, 2.24) is 10.6 Å². The average molecular weight is 226 g/mol. The van der Waals surface area contributed by atoms with Crippen LogP contribution < -0.4 is 10.6 Å². The van der Waals surface area contributed by atoms with Crippen molar-refractivity contribution >= 4 is 11.9 Å². The molecule has 1 rings (SSSR count). The number of carboxylic acids is 1. The molecular weight excluding hydrogens is 212 g/mol. The Hall–Kier alpha value is -1.82. The lowest BCUT2D eigenvalue weighted by Gasteiger charge is -2.04. The summed E-state index contributed by atoms with van der Waals surface area (Å²) in [6.07, 6.45) is 1.34. The number of hydrogen-bond acceptors (Lipinski definition) is 4. The molecule has 0 spiro atoms. The molecule has 6 heteroatoms. The lowest BCUT2D eigenvalue weighted by molar-refractivity contribution is -0.118. The Kier molecular flexibility index (Phi) is 4.53. The summed E-state index contributed by atoms with van der Waals surface area (Å²) in [4.78, 5) is 21.3. The molecule has 1 amide bonds. The highest BCUT2D eigenvalue weighted by Gasteiger charge is 2.12. The molecule has 1 aromatic heterocycles. The molecule has 16 heavy (non-hydrogen) atoms. The van der Waals surface area contributed by atoms with Gasteiger partial charge in [0.2, 0.25) is 5.91 Å². The number of carbonyl (C=O) groups is 2. The van der Waals surface area contributed by atoms with Gasteiger partial charge in [0.1, 0.15) is 11.3 Å². The summed E-state index contributed by atoms with van der Waals surface area (Å²) in [5.41, 5.74) is 0.159. The van der Waals surface area contributed by atoms with Crippen LogP contribution in [-0.4, -0.2) is 30.1 Å². The molecule has 1 aromatic rings. The van der Waals surface area contributed by atoms with Crippen LogP contribution in [0.3, 0.4) is 0 Å². The summed E-state index contributed by atoms with van der Waals surface area (Å²) in [6, 6.07) is 1.41. The van der Waals surface area contributed by atoms with Crippen LogP contribution in [0.2, 0.25) is 0 Å². The van der Waals surface area contributed by atoms with E-state index in [0.29, 0.717) is 25.4 Å². The highest BCUT2D eigenvalue weighted by atomic mass is 16.4. The Labute approximate surface area is 92.6 Å². The second-order valence-corrected chi connectivity index (χ2v) is 3.22. The summed E-state index contributed by atoms with van der Waals surface area (Å²) in [7, 11) is 0. The second kappa shape index (κ2) is 5.92. The fraction of sp³-hybridized carbons (Fsp3) is 0.400. The van der Waals surface area contributed by atoms with Crippen molar-refractivity contribution in [2.45, 2.75) is 13.5 Å². The molecule has 1 heterocycles. The first-order chi connectivity index (χ1) is 7.61. The second-order valence-electron chi connectivity index (χ2n) is 3.22. The Bertz CT molecular complexity index is 373. The first kappa shape index (κ1) is 12.3. The first-order valence-corrected chi connectivity index (χ1v) is 4.86. The van der Waals surface area contributed by atoms with Crippen LogP contribution in [0.5, 0.6) is 0 Å². The number of hydrogen-bond donors (Lipinski definition) is 3. The van der Waals surface area contributed by atoms with Gasteiger partial charge in [0.25, 0.3) is 0 Å². The Morgan fingerprint density at radius 2 is 2.19 bits per heavy atom. The molecule has 3 N–H and O–H groups in total. The number of furan rings is 1. The zero-order valence-electron chi connectivity index (χ0n) is 8.95. The van der Waals surface area contributed by atoms with Crippen LogP contribution in [-0.2, 0) is 11.3 Å². The quantitative estimate of drug-likeness (QED) is 0.603. The van der Waals surface area contributed by atoms with Gasteiger partial charge in [0, 0.05) is 20.0 Å². The maximum absolute atomic E-state index is 10.7. The van der Waals surface area contributed by atoms with Gasteiger partial charge in [-0.1, -0.05) is 0 Å². The van der Waals surface area contributed by atoms with Crippen molar-refractivity contribution in [1.29, 1.82) is 0 Å². The van der Waals surface area contributed by atoms with Crippen LogP contribution in [0.25, 0.3) is 0 Å². The zero-order chi connectivity index (χ0) is 12.0. The Morgan fingerprint density at radius 1 is 1.44 bits per heavy atom. The SMILES string of the molecule is CC(=O)NCCNCc1occc1C(=O)O. The number of rotatable bonds is 6. The molecule has 6 nitrogen and oxygen atoms in total. The Balaban J connectivity index is 2.29. The summed E-state index contributed by atoms with van der Waals surface area (Å²) >= 11 is 0. The number of amides is 1. The molecule has 0 saturated carbocycles. The van der Waals surface area contributed by atoms with Gasteiger partial charge in [-0.25, -0.2) is 4.79 Å². The van der Waals surface area contributed by atoms with Gasteiger partial charge in [-0.3, -0.25) is 4.79 Å². The molecule has 88 valence electrons. The predicted molar refractivity (Wildman–Crippen MR) is 56.1 cm³/mol. The number of carbonyl (C=O) groups excluding carboxylic acids is 1. The third kappa shape index (κ3) is 3.74. The standard InChI is InChI=1S/C10H14N2O4/c1-7(13)12-4-3-11-6-9-8(10(14)15)2-5-16-9/h2,5,11H,3-4,6H2,1H3,(H,12,13)(H,14,15). The van der Waals surface area contributed by atoms with Gasteiger partial charge < -0.3 is 20.2 Å². The van der Waals surface area contributed by atoms with Crippen molar-refractivity contribution in [3.8, 4) is 0 Å². The maximum Gasteiger partial charge on any atom is 0.339 e.